The Hall–Kier alpha value is -2.54. The molecule has 0 aliphatic rings. The lowest BCUT2D eigenvalue weighted by Gasteiger charge is -2.18. The van der Waals surface area contributed by atoms with Crippen molar-refractivity contribution in [1.29, 1.82) is 0 Å². The van der Waals surface area contributed by atoms with Crippen molar-refractivity contribution in [1.82, 2.24) is 4.73 Å². The molecule has 1 unspecified atom stereocenters. The Kier molecular flexibility index (Phi) is 5.00. The number of nitrogens with zero attached hydrogens (tertiary/aromatic N) is 1. The number of hydrogen-bond donors (Lipinski definition) is 2. The Labute approximate surface area is 126 Å². The number of fused-ring (bicyclic) bond motifs is 1. The van der Waals surface area contributed by atoms with E-state index >= 15 is 0 Å². The maximum Gasteiger partial charge on any atom is 0.302 e. The molecule has 0 aliphatic heterocycles. The van der Waals surface area contributed by atoms with Gasteiger partial charge in [0.2, 0.25) is 5.88 Å². The molecular formula is C15H17NO6. The minimum absolute atomic E-state index is 0.0453. The maximum atomic E-state index is 12.0. The molecule has 1 aromatic carbocycles. The zero-order valence-corrected chi connectivity index (χ0v) is 12.1. The van der Waals surface area contributed by atoms with Crippen molar-refractivity contribution in [3.63, 3.8) is 0 Å². The molecule has 7 heteroatoms. The number of rotatable bonds is 6. The number of esters is 1. The minimum atomic E-state index is -0.788. The maximum absolute atomic E-state index is 12.0. The van der Waals surface area contributed by atoms with Crippen LogP contribution in [0.15, 0.2) is 35.1 Å². The molecule has 22 heavy (non-hydrogen) atoms. The van der Waals surface area contributed by atoms with Gasteiger partial charge in [-0.05, 0) is 11.5 Å². The van der Waals surface area contributed by atoms with Gasteiger partial charge in [0.05, 0.1) is 13.2 Å². The number of benzene rings is 1. The highest BCUT2D eigenvalue weighted by atomic mass is 16.7. The average molecular weight is 307 g/mol. The Morgan fingerprint density at radius 3 is 2.77 bits per heavy atom. The minimum Gasteiger partial charge on any atom is -0.492 e. The van der Waals surface area contributed by atoms with Crippen molar-refractivity contribution < 1.29 is 24.6 Å². The lowest BCUT2D eigenvalue weighted by atomic mass is 10.2. The Bertz CT molecular complexity index is 724. The van der Waals surface area contributed by atoms with E-state index in [1.807, 2.05) is 0 Å². The molecular weight excluding hydrogens is 290 g/mol. The number of aromatic hydroxyl groups is 1. The molecule has 0 spiro atoms. The number of aliphatic hydroxyl groups is 1. The summed E-state index contributed by atoms with van der Waals surface area (Å²) < 4.78 is 5.50. The highest BCUT2D eigenvalue weighted by Crippen LogP contribution is 2.21. The van der Waals surface area contributed by atoms with Gasteiger partial charge in [0, 0.05) is 24.8 Å². The summed E-state index contributed by atoms with van der Waals surface area (Å²) in [5.41, 5.74) is -0.554. The molecule has 0 saturated carbocycles. The van der Waals surface area contributed by atoms with Gasteiger partial charge in [-0.25, -0.2) is 0 Å². The van der Waals surface area contributed by atoms with Crippen LogP contribution < -0.4 is 10.4 Å². The third-order valence-electron chi connectivity index (χ3n) is 3.08. The van der Waals surface area contributed by atoms with Crippen molar-refractivity contribution in [2.45, 2.75) is 19.4 Å². The van der Waals surface area contributed by atoms with Crippen molar-refractivity contribution in [3.05, 3.63) is 40.7 Å². The molecule has 118 valence electrons. The second kappa shape index (κ2) is 6.95. The molecule has 7 nitrogen and oxygen atoms in total. The van der Waals surface area contributed by atoms with Gasteiger partial charge in [-0.2, -0.15) is 0 Å². The smallest absolute Gasteiger partial charge is 0.302 e. The van der Waals surface area contributed by atoms with Gasteiger partial charge in [-0.1, -0.05) is 18.2 Å². The highest BCUT2D eigenvalue weighted by Gasteiger charge is 2.16. The molecule has 1 atom stereocenters. The van der Waals surface area contributed by atoms with Crippen molar-refractivity contribution in [2.75, 3.05) is 13.2 Å². The van der Waals surface area contributed by atoms with E-state index in [1.54, 1.807) is 24.3 Å². The number of pyridine rings is 1. The summed E-state index contributed by atoms with van der Waals surface area (Å²) >= 11 is 0. The molecule has 1 aromatic heterocycles. The Balaban J connectivity index is 2.22. The van der Waals surface area contributed by atoms with Gasteiger partial charge in [-0.15, -0.1) is 4.73 Å². The summed E-state index contributed by atoms with van der Waals surface area (Å²) in [6.45, 7) is 0.929. The van der Waals surface area contributed by atoms with Gasteiger partial charge >= 0.3 is 5.97 Å². The first-order chi connectivity index (χ1) is 10.5. The monoisotopic (exact) mass is 307 g/mol. The van der Waals surface area contributed by atoms with Crippen molar-refractivity contribution >= 4 is 16.7 Å². The first-order valence-electron chi connectivity index (χ1n) is 6.78. The molecule has 0 aliphatic carbocycles. The van der Waals surface area contributed by atoms with Gasteiger partial charge in [0.15, 0.2) is 6.10 Å². The predicted molar refractivity (Wildman–Crippen MR) is 78.6 cm³/mol. The molecule has 0 radical (unpaired) electrons. The topological polar surface area (TPSA) is 98.0 Å². The summed E-state index contributed by atoms with van der Waals surface area (Å²) in [6.07, 6.45) is -0.599. The van der Waals surface area contributed by atoms with Crippen LogP contribution in [0.2, 0.25) is 0 Å². The van der Waals surface area contributed by atoms with Crippen LogP contribution in [0.1, 0.15) is 13.3 Å². The number of aromatic nitrogens is 1. The fraction of sp³-hybridized carbons (Fsp3) is 0.333. The SMILES string of the molecule is CC(=O)OCCC(CO)On1c(O)c2ccccc2cc1=O. The second-order valence-corrected chi connectivity index (χ2v) is 4.73. The molecule has 0 amide bonds. The fourth-order valence-corrected chi connectivity index (χ4v) is 1.99. The third-order valence-corrected chi connectivity index (χ3v) is 3.08. The largest absolute Gasteiger partial charge is 0.492 e. The first kappa shape index (κ1) is 15.8. The predicted octanol–water partition coefficient (Wildman–Crippen LogP) is 0.450. The van der Waals surface area contributed by atoms with Gasteiger partial charge in [0.1, 0.15) is 0 Å². The summed E-state index contributed by atoms with van der Waals surface area (Å²) in [6, 6.07) is 8.15. The number of carbonyl (C=O) groups is 1. The Morgan fingerprint density at radius 2 is 2.09 bits per heavy atom. The summed E-state index contributed by atoms with van der Waals surface area (Å²) in [5, 5.41) is 20.5. The van der Waals surface area contributed by atoms with Crippen LogP contribution in [0.4, 0.5) is 0 Å². The van der Waals surface area contributed by atoms with E-state index in [4.69, 9.17) is 9.57 Å². The molecule has 0 bridgehead atoms. The quantitative estimate of drug-likeness (QED) is 0.752. The van der Waals surface area contributed by atoms with Crippen molar-refractivity contribution in [3.8, 4) is 5.88 Å². The lowest BCUT2D eigenvalue weighted by molar-refractivity contribution is -0.142. The summed E-state index contributed by atoms with van der Waals surface area (Å²) in [4.78, 5) is 28.0. The molecule has 1 heterocycles. The molecule has 0 fully saturated rings. The van der Waals surface area contributed by atoms with Gasteiger partial charge in [0.25, 0.3) is 5.56 Å². The Morgan fingerprint density at radius 1 is 1.36 bits per heavy atom. The van der Waals surface area contributed by atoms with Crippen LogP contribution in [0.5, 0.6) is 5.88 Å². The number of aliphatic hydroxyl groups excluding tert-OH is 1. The van der Waals surface area contributed by atoms with Crippen LogP contribution in [0, 0.1) is 0 Å². The van der Waals surface area contributed by atoms with E-state index < -0.39 is 17.6 Å². The fourth-order valence-electron chi connectivity index (χ4n) is 1.99. The normalized spacial score (nSPS) is 12.1. The van der Waals surface area contributed by atoms with E-state index in [9.17, 15) is 19.8 Å². The van der Waals surface area contributed by atoms with E-state index in [2.05, 4.69) is 0 Å². The van der Waals surface area contributed by atoms with Crippen LogP contribution in [-0.4, -0.2) is 40.2 Å². The van der Waals surface area contributed by atoms with E-state index in [1.165, 1.54) is 13.0 Å². The van der Waals surface area contributed by atoms with Crippen LogP contribution >= 0.6 is 0 Å². The van der Waals surface area contributed by atoms with E-state index in [-0.39, 0.29) is 25.5 Å². The second-order valence-electron chi connectivity index (χ2n) is 4.73. The average Bonchev–Trinajstić information content (AvgIpc) is 2.49. The van der Waals surface area contributed by atoms with E-state index in [0.29, 0.717) is 10.8 Å². The van der Waals surface area contributed by atoms with Gasteiger partial charge < -0.3 is 19.8 Å². The van der Waals surface area contributed by atoms with Gasteiger partial charge in [-0.3, -0.25) is 9.59 Å². The lowest BCUT2D eigenvalue weighted by Crippen LogP contribution is -2.36. The van der Waals surface area contributed by atoms with Crippen LogP contribution in [-0.2, 0) is 9.53 Å². The summed E-state index contributed by atoms with van der Waals surface area (Å²) in [7, 11) is 0. The molecule has 2 aromatic rings. The highest BCUT2D eigenvalue weighted by molar-refractivity contribution is 5.86. The molecule has 2 rings (SSSR count). The van der Waals surface area contributed by atoms with Crippen LogP contribution in [0.25, 0.3) is 10.8 Å². The standard InChI is InChI=1S/C15H17NO6/c1-10(18)21-7-6-12(9-17)22-16-14(19)8-11-4-2-3-5-13(11)15(16)20/h2-5,8,12,17,20H,6-7,9H2,1H3. The number of ether oxygens (including phenoxy) is 1. The number of carbonyl (C=O) groups excluding carboxylic acids is 1. The zero-order chi connectivity index (χ0) is 16.1. The van der Waals surface area contributed by atoms with Crippen LogP contribution in [0.3, 0.4) is 0 Å². The molecule has 2 N–H and O–H groups in total. The first-order valence-corrected chi connectivity index (χ1v) is 6.78. The van der Waals surface area contributed by atoms with E-state index in [0.717, 1.165) is 4.73 Å². The van der Waals surface area contributed by atoms with Crippen molar-refractivity contribution in [2.24, 2.45) is 0 Å². The number of hydrogen-bond acceptors (Lipinski definition) is 6. The zero-order valence-electron chi connectivity index (χ0n) is 12.1. The molecule has 0 saturated heterocycles. The summed E-state index contributed by atoms with van der Waals surface area (Å²) in [5.74, 6) is -0.781. The third kappa shape index (κ3) is 3.56.